The standard InChI is InChI=1S/C27H31NO5/c1-5-6-7-13-32-20-10-8-19(9-11-20)24-23-25(29)21-15-17(2)18(3)16-22(21)33-26(23)27(30)28(24)12-14-31-4/h8-11,15-16,24H,5-7,12-14H2,1-4H3. The molecular weight excluding hydrogens is 418 g/mol. The van der Waals surface area contributed by atoms with Crippen molar-refractivity contribution in [1.82, 2.24) is 4.90 Å². The van der Waals surface area contributed by atoms with Gasteiger partial charge in [0.2, 0.25) is 5.76 Å². The third-order valence-electron chi connectivity index (χ3n) is 6.33. The summed E-state index contributed by atoms with van der Waals surface area (Å²) in [6.07, 6.45) is 3.29. The fourth-order valence-corrected chi connectivity index (χ4v) is 4.33. The molecule has 4 rings (SSSR count). The van der Waals surface area contributed by atoms with Crippen LogP contribution in [0.3, 0.4) is 0 Å². The van der Waals surface area contributed by atoms with Crippen LogP contribution in [0.15, 0.2) is 45.6 Å². The van der Waals surface area contributed by atoms with Gasteiger partial charge in [-0.2, -0.15) is 0 Å². The van der Waals surface area contributed by atoms with Gasteiger partial charge in [0.1, 0.15) is 11.3 Å². The van der Waals surface area contributed by atoms with Crippen molar-refractivity contribution in [2.45, 2.75) is 46.1 Å². The van der Waals surface area contributed by atoms with E-state index in [2.05, 4.69) is 6.92 Å². The first-order chi connectivity index (χ1) is 16.0. The average Bonchev–Trinajstić information content (AvgIpc) is 3.09. The molecule has 0 spiro atoms. The summed E-state index contributed by atoms with van der Waals surface area (Å²) in [5, 5.41) is 0.499. The highest BCUT2D eigenvalue weighted by atomic mass is 16.5. The van der Waals surface area contributed by atoms with Crippen LogP contribution in [-0.4, -0.2) is 37.7 Å². The Morgan fingerprint density at radius 2 is 1.73 bits per heavy atom. The first-order valence-corrected chi connectivity index (χ1v) is 11.6. The number of carbonyl (C=O) groups excluding carboxylic acids is 1. The summed E-state index contributed by atoms with van der Waals surface area (Å²) in [7, 11) is 1.59. The van der Waals surface area contributed by atoms with E-state index in [1.165, 1.54) is 0 Å². The van der Waals surface area contributed by atoms with Crippen LogP contribution in [0.5, 0.6) is 5.75 Å². The van der Waals surface area contributed by atoms with Crippen molar-refractivity contribution in [2.75, 3.05) is 26.9 Å². The van der Waals surface area contributed by atoms with E-state index in [4.69, 9.17) is 13.9 Å². The Hall–Kier alpha value is -3.12. The molecule has 0 N–H and O–H groups in total. The topological polar surface area (TPSA) is 69.0 Å². The molecule has 0 saturated carbocycles. The van der Waals surface area contributed by atoms with E-state index in [-0.39, 0.29) is 17.1 Å². The molecule has 33 heavy (non-hydrogen) atoms. The van der Waals surface area contributed by atoms with Crippen LogP contribution in [-0.2, 0) is 4.74 Å². The quantitative estimate of drug-likeness (QED) is 0.422. The summed E-state index contributed by atoms with van der Waals surface area (Å²) in [6.45, 7) is 7.48. The number of methoxy groups -OCH3 is 1. The number of ether oxygens (including phenoxy) is 2. The molecule has 1 atom stereocenters. The molecule has 1 aliphatic rings. The number of rotatable bonds is 9. The highest BCUT2D eigenvalue weighted by molar-refractivity contribution is 5.99. The molecule has 0 bridgehead atoms. The van der Waals surface area contributed by atoms with Crippen LogP contribution < -0.4 is 10.2 Å². The molecule has 0 radical (unpaired) electrons. The minimum atomic E-state index is -0.529. The summed E-state index contributed by atoms with van der Waals surface area (Å²) in [5.41, 5.74) is 3.54. The summed E-state index contributed by atoms with van der Waals surface area (Å²) in [5.74, 6) is 0.611. The van der Waals surface area contributed by atoms with Crippen LogP contribution in [0, 0.1) is 13.8 Å². The highest BCUT2D eigenvalue weighted by Crippen LogP contribution is 2.38. The van der Waals surface area contributed by atoms with Crippen molar-refractivity contribution in [2.24, 2.45) is 0 Å². The van der Waals surface area contributed by atoms with Gasteiger partial charge in [0.25, 0.3) is 5.91 Å². The molecule has 1 aromatic heterocycles. The van der Waals surface area contributed by atoms with Gasteiger partial charge in [0.15, 0.2) is 5.43 Å². The molecule has 174 valence electrons. The van der Waals surface area contributed by atoms with Gasteiger partial charge in [-0.05, 0) is 61.2 Å². The van der Waals surface area contributed by atoms with Gasteiger partial charge in [-0.1, -0.05) is 31.9 Å². The molecule has 0 aliphatic carbocycles. The summed E-state index contributed by atoms with van der Waals surface area (Å²) in [4.78, 5) is 28.6. The molecule has 6 heteroatoms. The van der Waals surface area contributed by atoms with Crippen LogP contribution in [0.25, 0.3) is 11.0 Å². The largest absolute Gasteiger partial charge is 0.494 e. The van der Waals surface area contributed by atoms with E-state index in [0.717, 1.165) is 41.7 Å². The number of amides is 1. The average molecular weight is 450 g/mol. The smallest absolute Gasteiger partial charge is 0.290 e. The van der Waals surface area contributed by atoms with E-state index in [1.54, 1.807) is 12.0 Å². The van der Waals surface area contributed by atoms with Crippen molar-refractivity contribution in [1.29, 1.82) is 0 Å². The third kappa shape index (κ3) is 4.40. The zero-order valence-corrected chi connectivity index (χ0v) is 19.8. The molecule has 1 amide bonds. The van der Waals surface area contributed by atoms with Gasteiger partial charge in [-0.3, -0.25) is 9.59 Å². The van der Waals surface area contributed by atoms with Gasteiger partial charge in [0.05, 0.1) is 30.2 Å². The predicted octanol–water partition coefficient (Wildman–Crippen LogP) is 5.17. The molecule has 6 nitrogen and oxygen atoms in total. The molecule has 2 heterocycles. The van der Waals surface area contributed by atoms with E-state index >= 15 is 0 Å². The summed E-state index contributed by atoms with van der Waals surface area (Å²) in [6, 6.07) is 10.8. The highest BCUT2D eigenvalue weighted by Gasteiger charge is 2.42. The van der Waals surface area contributed by atoms with E-state index in [9.17, 15) is 9.59 Å². The molecule has 0 fully saturated rings. The fraction of sp³-hybridized carbons (Fsp3) is 0.407. The molecule has 2 aromatic carbocycles. The number of hydrogen-bond acceptors (Lipinski definition) is 5. The van der Waals surface area contributed by atoms with Gasteiger partial charge < -0.3 is 18.8 Å². The lowest BCUT2D eigenvalue weighted by Crippen LogP contribution is -2.32. The number of hydrogen-bond donors (Lipinski definition) is 0. The Morgan fingerprint density at radius 1 is 1.00 bits per heavy atom. The second-order valence-corrected chi connectivity index (χ2v) is 8.63. The van der Waals surface area contributed by atoms with Crippen LogP contribution in [0.1, 0.15) is 65.0 Å². The molecule has 3 aromatic rings. The monoisotopic (exact) mass is 449 g/mol. The Bertz CT molecular complexity index is 1210. The SMILES string of the molecule is CCCCCOc1ccc(C2c3c(oc4cc(C)c(C)cc4c3=O)C(=O)N2CCOC)cc1. The molecule has 1 aliphatic heterocycles. The van der Waals surface area contributed by atoms with Crippen molar-refractivity contribution in [3.05, 3.63) is 74.6 Å². The van der Waals surface area contributed by atoms with Gasteiger partial charge in [-0.25, -0.2) is 0 Å². The van der Waals surface area contributed by atoms with Crippen LogP contribution in [0.2, 0.25) is 0 Å². The lowest BCUT2D eigenvalue weighted by molar-refractivity contribution is 0.0663. The lowest BCUT2D eigenvalue weighted by Gasteiger charge is -2.25. The summed E-state index contributed by atoms with van der Waals surface area (Å²) >= 11 is 0. The van der Waals surface area contributed by atoms with Gasteiger partial charge in [0, 0.05) is 13.7 Å². The first kappa shape index (κ1) is 23.1. The zero-order valence-electron chi connectivity index (χ0n) is 19.8. The molecular formula is C27H31NO5. The first-order valence-electron chi connectivity index (χ1n) is 11.6. The van der Waals surface area contributed by atoms with Gasteiger partial charge in [-0.15, -0.1) is 0 Å². The van der Waals surface area contributed by atoms with Crippen molar-refractivity contribution >= 4 is 16.9 Å². The second-order valence-electron chi connectivity index (χ2n) is 8.63. The molecule has 0 saturated heterocycles. The Kier molecular flexibility index (Phi) is 6.84. The number of nitrogens with zero attached hydrogens (tertiary/aromatic N) is 1. The van der Waals surface area contributed by atoms with Crippen molar-refractivity contribution < 1.29 is 18.7 Å². The van der Waals surface area contributed by atoms with E-state index in [1.807, 2.05) is 50.2 Å². The Balaban J connectivity index is 1.76. The minimum Gasteiger partial charge on any atom is -0.494 e. The lowest BCUT2D eigenvalue weighted by atomic mass is 9.97. The Labute approximate surface area is 194 Å². The predicted molar refractivity (Wildman–Crippen MR) is 128 cm³/mol. The number of unbranched alkanes of at least 4 members (excludes halogenated alkanes) is 2. The van der Waals surface area contributed by atoms with Crippen LogP contribution >= 0.6 is 0 Å². The molecule has 1 unspecified atom stereocenters. The summed E-state index contributed by atoms with van der Waals surface area (Å²) < 4.78 is 17.1. The van der Waals surface area contributed by atoms with Crippen LogP contribution in [0.4, 0.5) is 0 Å². The third-order valence-corrected chi connectivity index (χ3v) is 6.33. The normalized spacial score (nSPS) is 15.3. The van der Waals surface area contributed by atoms with Crippen molar-refractivity contribution in [3.8, 4) is 5.75 Å². The zero-order chi connectivity index (χ0) is 23.5. The number of fused-ring (bicyclic) bond motifs is 2. The maximum atomic E-state index is 13.6. The maximum Gasteiger partial charge on any atom is 0.290 e. The number of aryl methyl sites for hydroxylation is 2. The number of benzene rings is 2. The van der Waals surface area contributed by atoms with E-state index in [0.29, 0.717) is 36.3 Å². The van der Waals surface area contributed by atoms with E-state index < -0.39 is 6.04 Å². The fourth-order valence-electron chi connectivity index (χ4n) is 4.33. The minimum absolute atomic E-state index is 0.122. The Morgan fingerprint density at radius 3 is 2.42 bits per heavy atom. The second kappa shape index (κ2) is 9.79. The number of carbonyl (C=O) groups is 1. The maximum absolute atomic E-state index is 13.6. The van der Waals surface area contributed by atoms with Gasteiger partial charge >= 0.3 is 0 Å². The van der Waals surface area contributed by atoms with Crippen molar-refractivity contribution in [3.63, 3.8) is 0 Å².